The second-order valence-electron chi connectivity index (χ2n) is 6.73. The van der Waals surface area contributed by atoms with E-state index in [1.165, 1.54) is 25.3 Å². The molecule has 1 aliphatic rings. The summed E-state index contributed by atoms with van der Waals surface area (Å²) in [5.41, 5.74) is 0.859. The van der Waals surface area contributed by atoms with Gasteiger partial charge in [0.2, 0.25) is 11.8 Å². The van der Waals surface area contributed by atoms with Crippen molar-refractivity contribution in [2.24, 2.45) is 5.92 Å². The molecule has 0 bridgehead atoms. The predicted molar refractivity (Wildman–Crippen MR) is 102 cm³/mol. The molecule has 0 unspecified atom stereocenters. The molecule has 0 saturated heterocycles. The highest BCUT2D eigenvalue weighted by Gasteiger charge is 2.20. The van der Waals surface area contributed by atoms with Gasteiger partial charge in [0.25, 0.3) is 0 Å². The molecule has 2 rings (SSSR count). The Morgan fingerprint density at radius 3 is 2.44 bits per heavy atom. The van der Waals surface area contributed by atoms with Crippen LogP contribution in [0.1, 0.15) is 37.7 Å². The lowest BCUT2D eigenvalue weighted by Gasteiger charge is -2.21. The fraction of sp³-hybridized carbons (Fsp3) is 0.474. The summed E-state index contributed by atoms with van der Waals surface area (Å²) in [5.74, 6) is -0.359. The summed E-state index contributed by atoms with van der Waals surface area (Å²) in [7, 11) is -2.01. The quantitative estimate of drug-likeness (QED) is 0.292. The largest absolute Gasteiger partial charge is 0.635 e. The van der Waals surface area contributed by atoms with Crippen molar-refractivity contribution in [1.82, 2.24) is 10.6 Å². The molecule has 1 aliphatic carbocycles. The van der Waals surface area contributed by atoms with Gasteiger partial charge in [0.05, 0.1) is 0 Å². The first-order valence-corrected chi connectivity index (χ1v) is 9.35. The summed E-state index contributed by atoms with van der Waals surface area (Å²) < 4.78 is 4.90. The van der Waals surface area contributed by atoms with Gasteiger partial charge in [-0.3, -0.25) is 9.59 Å². The van der Waals surface area contributed by atoms with Gasteiger partial charge in [0.1, 0.15) is 6.23 Å². The van der Waals surface area contributed by atoms with Gasteiger partial charge in [0.15, 0.2) is 0 Å². The monoisotopic (exact) mass is 374 g/mol. The number of nitrogens with one attached hydrogen (secondary N) is 2. The molecule has 0 heterocycles. The van der Waals surface area contributed by atoms with Crippen LogP contribution in [0.2, 0.25) is 0 Å². The molecular weight excluding hydrogens is 347 g/mol. The van der Waals surface area contributed by atoms with Crippen molar-refractivity contribution in [1.29, 1.82) is 0 Å². The van der Waals surface area contributed by atoms with Gasteiger partial charge in [-0.25, -0.2) is 0 Å². The third kappa shape index (κ3) is 8.86. The van der Waals surface area contributed by atoms with E-state index in [0.717, 1.165) is 24.5 Å². The number of hydrogen-bond donors (Lipinski definition) is 4. The molecule has 0 aliphatic heterocycles. The van der Waals surface area contributed by atoms with E-state index < -0.39 is 19.5 Å². The van der Waals surface area contributed by atoms with Gasteiger partial charge in [-0.2, -0.15) is 0 Å². The highest BCUT2D eigenvalue weighted by Crippen LogP contribution is 2.22. The van der Waals surface area contributed by atoms with Crippen LogP contribution < -0.4 is 10.6 Å². The number of rotatable bonds is 9. The fourth-order valence-corrected chi connectivity index (χ4v) is 3.16. The normalized spacial score (nSPS) is 16.1. The lowest BCUT2D eigenvalue weighted by atomic mass is 9.89. The first kappa shape index (κ1) is 21.1. The first-order chi connectivity index (χ1) is 13.0. The van der Waals surface area contributed by atoms with E-state index in [2.05, 4.69) is 10.6 Å². The van der Waals surface area contributed by atoms with Gasteiger partial charge < -0.3 is 25.3 Å². The van der Waals surface area contributed by atoms with Crippen LogP contribution in [0.5, 0.6) is 0 Å². The van der Waals surface area contributed by atoms with E-state index in [1.54, 1.807) is 0 Å². The summed E-state index contributed by atoms with van der Waals surface area (Å²) in [6.07, 6.45) is 7.55. The van der Waals surface area contributed by atoms with Crippen molar-refractivity contribution in [3.63, 3.8) is 0 Å². The number of benzene rings is 1. The molecule has 1 saturated carbocycles. The van der Waals surface area contributed by atoms with Crippen LogP contribution in [0.15, 0.2) is 42.5 Å². The molecule has 0 aromatic heterocycles. The maximum atomic E-state index is 12.0. The van der Waals surface area contributed by atoms with Crippen molar-refractivity contribution in [3.05, 3.63) is 48.0 Å². The zero-order valence-electron chi connectivity index (χ0n) is 15.3. The van der Waals surface area contributed by atoms with Crippen molar-refractivity contribution in [2.75, 3.05) is 6.54 Å². The lowest BCUT2D eigenvalue weighted by Crippen LogP contribution is -2.41. The SMILES string of the molecule is O=C(/C=C/C(=O)N[C@@H](Cc1ccccc1)OB(O)O)NCC1CCCCC1. The summed E-state index contributed by atoms with van der Waals surface area (Å²) in [5, 5.41) is 23.4. The molecule has 146 valence electrons. The van der Waals surface area contributed by atoms with Crippen molar-refractivity contribution in [3.8, 4) is 0 Å². The van der Waals surface area contributed by atoms with Crippen LogP contribution in [0, 0.1) is 5.92 Å². The maximum Gasteiger partial charge on any atom is 0.635 e. The van der Waals surface area contributed by atoms with E-state index in [-0.39, 0.29) is 12.3 Å². The third-order valence-electron chi connectivity index (χ3n) is 4.53. The Bertz CT molecular complexity index is 618. The number of hydrogen-bond acceptors (Lipinski definition) is 5. The van der Waals surface area contributed by atoms with Gasteiger partial charge in [0, 0.05) is 25.1 Å². The van der Waals surface area contributed by atoms with Gasteiger partial charge in [-0.1, -0.05) is 49.6 Å². The Morgan fingerprint density at radius 1 is 1.11 bits per heavy atom. The second-order valence-corrected chi connectivity index (χ2v) is 6.73. The second kappa shape index (κ2) is 11.5. The zero-order chi connectivity index (χ0) is 19.5. The molecule has 7 nitrogen and oxygen atoms in total. The minimum Gasteiger partial charge on any atom is -0.402 e. The highest BCUT2D eigenvalue weighted by atomic mass is 16.6. The van der Waals surface area contributed by atoms with Crippen LogP contribution in [0.3, 0.4) is 0 Å². The average molecular weight is 374 g/mol. The average Bonchev–Trinajstić information content (AvgIpc) is 2.66. The van der Waals surface area contributed by atoms with Gasteiger partial charge in [-0.15, -0.1) is 0 Å². The minimum absolute atomic E-state index is 0.256. The lowest BCUT2D eigenvalue weighted by molar-refractivity contribution is -0.120. The Morgan fingerprint density at radius 2 is 1.78 bits per heavy atom. The van der Waals surface area contributed by atoms with Gasteiger partial charge in [-0.05, 0) is 24.3 Å². The summed E-state index contributed by atoms with van der Waals surface area (Å²) >= 11 is 0. The molecule has 1 fully saturated rings. The van der Waals surface area contributed by atoms with E-state index >= 15 is 0 Å². The molecule has 8 heteroatoms. The van der Waals surface area contributed by atoms with Crippen molar-refractivity contribution >= 4 is 19.1 Å². The van der Waals surface area contributed by atoms with Crippen molar-refractivity contribution in [2.45, 2.75) is 44.8 Å². The fourth-order valence-electron chi connectivity index (χ4n) is 3.16. The third-order valence-corrected chi connectivity index (χ3v) is 4.53. The van der Waals surface area contributed by atoms with Crippen LogP contribution in [-0.4, -0.2) is 42.0 Å². The van der Waals surface area contributed by atoms with E-state index in [9.17, 15) is 9.59 Å². The van der Waals surface area contributed by atoms with Crippen LogP contribution in [0.4, 0.5) is 0 Å². The topological polar surface area (TPSA) is 108 Å². The summed E-state index contributed by atoms with van der Waals surface area (Å²) in [6, 6.07) is 9.19. The summed E-state index contributed by atoms with van der Waals surface area (Å²) in [4.78, 5) is 23.9. The van der Waals surface area contributed by atoms with E-state index in [0.29, 0.717) is 12.5 Å². The molecule has 4 N–H and O–H groups in total. The number of carbonyl (C=O) groups excluding carboxylic acids is 2. The smallest absolute Gasteiger partial charge is 0.402 e. The molecular formula is C19H27BN2O5. The highest BCUT2D eigenvalue weighted by molar-refractivity contribution is 6.32. The molecule has 0 radical (unpaired) electrons. The summed E-state index contributed by atoms with van der Waals surface area (Å²) in [6.45, 7) is 0.626. The Balaban J connectivity index is 1.78. The Kier molecular flexibility index (Phi) is 9.04. The zero-order valence-corrected chi connectivity index (χ0v) is 15.3. The van der Waals surface area contributed by atoms with Crippen LogP contribution in [-0.2, 0) is 20.7 Å². The molecule has 0 spiro atoms. The van der Waals surface area contributed by atoms with E-state index in [1.807, 2.05) is 30.3 Å². The molecule has 27 heavy (non-hydrogen) atoms. The van der Waals surface area contributed by atoms with Gasteiger partial charge >= 0.3 is 7.32 Å². The molecule has 1 atom stereocenters. The minimum atomic E-state index is -2.01. The first-order valence-electron chi connectivity index (χ1n) is 9.35. The Hall–Kier alpha value is -2.16. The van der Waals surface area contributed by atoms with Crippen LogP contribution >= 0.6 is 0 Å². The standard InChI is InChI=1S/C19H27BN2O5/c23-17(21-14-16-9-5-2-6-10-16)11-12-18(24)22-19(27-20(25)26)13-15-7-3-1-4-8-15/h1,3-4,7-8,11-12,16,19,25-26H,2,5-6,9-10,13-14H2,(H,21,23)(H,22,24)/b12-11+/t19-/m1/s1. The predicted octanol–water partition coefficient (Wildman–Crippen LogP) is 0.910. The Labute approximate surface area is 160 Å². The molecule has 1 aromatic carbocycles. The maximum absolute atomic E-state index is 12.0. The van der Waals surface area contributed by atoms with Crippen molar-refractivity contribution < 1.29 is 24.3 Å². The van der Waals surface area contributed by atoms with Crippen LogP contribution in [0.25, 0.3) is 0 Å². The number of carbonyl (C=O) groups is 2. The number of amides is 2. The molecule has 1 aromatic rings. The molecule has 2 amide bonds. The van der Waals surface area contributed by atoms with E-state index in [4.69, 9.17) is 14.7 Å².